The van der Waals surface area contributed by atoms with Crippen LogP contribution in [0.25, 0.3) is 0 Å². The van der Waals surface area contributed by atoms with Crippen molar-refractivity contribution < 1.29 is 0 Å². The van der Waals surface area contributed by atoms with Crippen LogP contribution in [0.2, 0.25) is 0 Å². The van der Waals surface area contributed by atoms with Gasteiger partial charge >= 0.3 is 0 Å². The van der Waals surface area contributed by atoms with E-state index >= 15 is 0 Å². The van der Waals surface area contributed by atoms with E-state index in [1.54, 1.807) is 0 Å². The van der Waals surface area contributed by atoms with E-state index in [2.05, 4.69) is 44.3 Å². The predicted molar refractivity (Wildman–Crippen MR) is 76.7 cm³/mol. The van der Waals surface area contributed by atoms with Crippen LogP contribution in [0.15, 0.2) is 18.2 Å². The first-order valence-corrected chi connectivity index (χ1v) is 7.03. The summed E-state index contributed by atoms with van der Waals surface area (Å²) in [5, 5.41) is 3.53. The third-order valence-electron chi connectivity index (χ3n) is 3.14. The summed E-state index contributed by atoms with van der Waals surface area (Å²) >= 11 is 5.78. The van der Waals surface area contributed by atoms with Gasteiger partial charge in [-0.15, -0.1) is 11.6 Å². The molecule has 0 fully saturated rings. The summed E-state index contributed by atoms with van der Waals surface area (Å²) in [4.78, 5) is 0. The van der Waals surface area contributed by atoms with Crippen LogP contribution in [-0.4, -0.2) is 12.4 Å². The van der Waals surface area contributed by atoms with Gasteiger partial charge < -0.3 is 5.32 Å². The molecule has 0 amide bonds. The lowest BCUT2D eigenvalue weighted by Crippen LogP contribution is -2.22. The van der Waals surface area contributed by atoms with Crippen LogP contribution in [0.5, 0.6) is 0 Å². The highest BCUT2D eigenvalue weighted by Gasteiger charge is 2.04. The minimum Gasteiger partial charge on any atom is -0.312 e. The van der Waals surface area contributed by atoms with Crippen molar-refractivity contribution >= 4 is 11.6 Å². The fraction of sp³-hybridized carbons (Fsp3) is 0.600. The molecule has 1 rings (SSSR count). The second-order valence-corrected chi connectivity index (χ2v) is 5.26. The highest BCUT2D eigenvalue weighted by Crippen LogP contribution is 2.10. The maximum absolute atomic E-state index is 5.78. The van der Waals surface area contributed by atoms with Crippen LogP contribution in [0.3, 0.4) is 0 Å². The van der Waals surface area contributed by atoms with Crippen LogP contribution < -0.4 is 5.32 Å². The molecule has 1 atom stereocenters. The lowest BCUT2D eigenvalue weighted by atomic mass is 10.0. The molecule has 17 heavy (non-hydrogen) atoms. The summed E-state index contributed by atoms with van der Waals surface area (Å²) in [7, 11) is 0. The lowest BCUT2D eigenvalue weighted by Gasteiger charge is -2.14. The number of alkyl halides is 1. The van der Waals surface area contributed by atoms with Crippen molar-refractivity contribution in [2.45, 2.75) is 40.2 Å². The van der Waals surface area contributed by atoms with Gasteiger partial charge in [-0.25, -0.2) is 0 Å². The quantitative estimate of drug-likeness (QED) is 0.723. The Morgan fingerprint density at radius 2 is 1.82 bits per heavy atom. The molecule has 1 nitrogen and oxygen atoms in total. The predicted octanol–water partition coefficient (Wildman–Crippen LogP) is 4.05. The number of aryl methyl sites for hydroxylation is 2. The smallest absolute Gasteiger partial charge is 0.0226 e. The minimum absolute atomic E-state index is 0.707. The monoisotopic (exact) mass is 253 g/mol. The van der Waals surface area contributed by atoms with Gasteiger partial charge in [0.1, 0.15) is 0 Å². The van der Waals surface area contributed by atoms with Crippen LogP contribution in [0.4, 0.5) is 0 Å². The second kappa shape index (κ2) is 7.73. The Bertz CT molecular complexity index is 315. The fourth-order valence-electron chi connectivity index (χ4n) is 2.20. The molecule has 0 saturated carbocycles. The third kappa shape index (κ3) is 5.56. The molecule has 0 radical (unpaired) electrons. The van der Waals surface area contributed by atoms with Crippen LogP contribution in [0, 0.1) is 19.8 Å². The lowest BCUT2D eigenvalue weighted by molar-refractivity contribution is 0.451. The Balaban J connectivity index is 2.39. The average Bonchev–Trinajstić information content (AvgIpc) is 2.26. The Hall–Kier alpha value is -0.530. The summed E-state index contributed by atoms with van der Waals surface area (Å²) in [6.07, 6.45) is 2.31. The maximum atomic E-state index is 5.78. The summed E-state index contributed by atoms with van der Waals surface area (Å²) in [6, 6.07) is 6.72. The van der Waals surface area contributed by atoms with Crippen molar-refractivity contribution in [2.24, 2.45) is 5.92 Å². The molecule has 1 aromatic rings. The number of rotatable bonds is 7. The van der Waals surface area contributed by atoms with Gasteiger partial charge in [0, 0.05) is 12.4 Å². The van der Waals surface area contributed by atoms with Gasteiger partial charge in [0.2, 0.25) is 0 Å². The van der Waals surface area contributed by atoms with Crippen molar-refractivity contribution in [3.8, 4) is 0 Å². The van der Waals surface area contributed by atoms with E-state index in [0.29, 0.717) is 5.92 Å². The Morgan fingerprint density at radius 1 is 1.18 bits per heavy atom. The van der Waals surface area contributed by atoms with Gasteiger partial charge in [0.25, 0.3) is 0 Å². The summed E-state index contributed by atoms with van der Waals surface area (Å²) in [6.45, 7) is 8.56. The third-order valence-corrected chi connectivity index (χ3v) is 3.36. The first-order valence-electron chi connectivity index (χ1n) is 6.49. The van der Waals surface area contributed by atoms with Crippen molar-refractivity contribution in [3.63, 3.8) is 0 Å². The first kappa shape index (κ1) is 14.5. The molecule has 0 aliphatic rings. The van der Waals surface area contributed by atoms with E-state index in [0.717, 1.165) is 25.4 Å². The van der Waals surface area contributed by atoms with E-state index in [-0.39, 0.29) is 0 Å². The maximum Gasteiger partial charge on any atom is 0.0226 e. The van der Waals surface area contributed by atoms with Gasteiger partial charge in [-0.1, -0.05) is 42.7 Å². The first-order chi connectivity index (χ1) is 8.15. The topological polar surface area (TPSA) is 12.0 Å². The van der Waals surface area contributed by atoms with Gasteiger partial charge in [0.05, 0.1) is 0 Å². The molecule has 0 heterocycles. The zero-order valence-corrected chi connectivity index (χ0v) is 12.0. The highest BCUT2D eigenvalue weighted by atomic mass is 35.5. The van der Waals surface area contributed by atoms with E-state index in [9.17, 15) is 0 Å². The Labute approximate surface area is 111 Å². The van der Waals surface area contributed by atoms with Gasteiger partial charge in [-0.05, 0) is 38.3 Å². The highest BCUT2D eigenvalue weighted by molar-refractivity contribution is 6.17. The van der Waals surface area contributed by atoms with Gasteiger partial charge in [-0.2, -0.15) is 0 Å². The van der Waals surface area contributed by atoms with Crippen LogP contribution >= 0.6 is 11.6 Å². The SMILES string of the molecule is CCC(CCCl)CNCc1cc(C)cc(C)c1. The standard InChI is InChI=1S/C15H24ClN/c1-4-14(5-6-16)10-17-11-15-8-12(2)7-13(3)9-15/h7-9,14,17H,4-6,10-11H2,1-3H3. The summed E-state index contributed by atoms with van der Waals surface area (Å²) in [5.41, 5.74) is 4.06. The number of benzene rings is 1. The molecule has 0 aromatic heterocycles. The average molecular weight is 254 g/mol. The molecule has 0 bridgehead atoms. The normalized spacial score (nSPS) is 12.7. The van der Waals surface area contributed by atoms with Crippen molar-refractivity contribution in [2.75, 3.05) is 12.4 Å². The number of nitrogens with one attached hydrogen (secondary N) is 1. The molecule has 96 valence electrons. The number of hydrogen-bond acceptors (Lipinski definition) is 1. The van der Waals surface area contributed by atoms with Gasteiger partial charge in [-0.3, -0.25) is 0 Å². The van der Waals surface area contributed by atoms with E-state index < -0.39 is 0 Å². The summed E-state index contributed by atoms with van der Waals surface area (Å²) in [5.74, 6) is 1.47. The number of halogens is 1. The molecule has 0 spiro atoms. The van der Waals surface area contributed by atoms with Gasteiger partial charge in [0.15, 0.2) is 0 Å². The van der Waals surface area contributed by atoms with Crippen molar-refractivity contribution in [1.29, 1.82) is 0 Å². The van der Waals surface area contributed by atoms with E-state index in [1.165, 1.54) is 23.1 Å². The molecule has 1 N–H and O–H groups in total. The Kier molecular flexibility index (Phi) is 6.61. The fourth-order valence-corrected chi connectivity index (χ4v) is 2.51. The van der Waals surface area contributed by atoms with Crippen LogP contribution in [-0.2, 0) is 6.54 Å². The largest absolute Gasteiger partial charge is 0.312 e. The molecule has 1 unspecified atom stereocenters. The Morgan fingerprint density at radius 3 is 2.35 bits per heavy atom. The molecule has 0 saturated heterocycles. The molecule has 0 aliphatic heterocycles. The van der Waals surface area contributed by atoms with Crippen molar-refractivity contribution in [3.05, 3.63) is 34.9 Å². The summed E-state index contributed by atoms with van der Waals surface area (Å²) < 4.78 is 0. The molecule has 0 aliphatic carbocycles. The molecular weight excluding hydrogens is 230 g/mol. The minimum atomic E-state index is 0.707. The molecule has 2 heteroatoms. The van der Waals surface area contributed by atoms with Crippen molar-refractivity contribution in [1.82, 2.24) is 5.32 Å². The van der Waals surface area contributed by atoms with E-state index in [4.69, 9.17) is 11.6 Å². The van der Waals surface area contributed by atoms with E-state index in [1.807, 2.05) is 0 Å². The molecule has 1 aromatic carbocycles. The number of hydrogen-bond donors (Lipinski definition) is 1. The molecular formula is C15H24ClN. The van der Waals surface area contributed by atoms with Crippen LogP contribution in [0.1, 0.15) is 36.5 Å². The zero-order valence-electron chi connectivity index (χ0n) is 11.2. The zero-order chi connectivity index (χ0) is 12.7. The second-order valence-electron chi connectivity index (χ2n) is 4.88.